The Bertz CT molecular complexity index is 334. The van der Waals surface area contributed by atoms with E-state index in [1.165, 1.54) is 0 Å². The number of rotatable bonds is 1. The molecule has 1 aromatic heterocycles. The molecule has 3 nitrogen and oxygen atoms in total. The van der Waals surface area contributed by atoms with E-state index in [1.54, 1.807) is 0 Å². The molecule has 0 spiro atoms. The van der Waals surface area contributed by atoms with Crippen molar-refractivity contribution >= 4 is 5.84 Å². The number of benzene rings is 1. The van der Waals surface area contributed by atoms with Crippen LogP contribution in [0.2, 0.25) is 0 Å². The first kappa shape index (κ1) is 10.1. The molecule has 2 rings (SSSR count). The van der Waals surface area contributed by atoms with Crippen LogP contribution in [0.4, 0.5) is 0 Å². The van der Waals surface area contributed by atoms with Gasteiger partial charge in [-0.2, -0.15) is 0 Å². The Kier molecular flexibility index (Phi) is 4.01. The summed E-state index contributed by atoms with van der Waals surface area (Å²) < 4.78 is 0. The Labute approximate surface area is 83.1 Å². The number of amidine groups is 1. The summed E-state index contributed by atoms with van der Waals surface area (Å²) in [7, 11) is 0. The smallest absolute Gasteiger partial charge is 0.122 e. The summed E-state index contributed by atoms with van der Waals surface area (Å²) >= 11 is 0. The lowest BCUT2D eigenvalue weighted by Crippen LogP contribution is -2.10. The molecule has 2 aromatic rings. The zero-order valence-electron chi connectivity index (χ0n) is 7.77. The second kappa shape index (κ2) is 5.59. The van der Waals surface area contributed by atoms with Gasteiger partial charge in [0.15, 0.2) is 0 Å². The van der Waals surface area contributed by atoms with Crippen molar-refractivity contribution in [2.24, 2.45) is 5.73 Å². The summed E-state index contributed by atoms with van der Waals surface area (Å²) in [5, 5.41) is 7.01. The first-order chi connectivity index (χ1) is 6.80. The molecule has 0 radical (unpaired) electrons. The van der Waals surface area contributed by atoms with Gasteiger partial charge in [0, 0.05) is 18.0 Å². The van der Waals surface area contributed by atoms with Gasteiger partial charge in [-0.3, -0.25) is 5.41 Å². The molecule has 0 atom stereocenters. The fourth-order valence-electron chi connectivity index (χ4n) is 0.895. The number of H-pyrrole nitrogens is 1. The van der Waals surface area contributed by atoms with Crippen LogP contribution < -0.4 is 5.73 Å². The molecule has 0 fully saturated rings. The Morgan fingerprint density at radius 1 is 1.00 bits per heavy atom. The fourth-order valence-corrected chi connectivity index (χ4v) is 0.895. The van der Waals surface area contributed by atoms with Crippen LogP contribution in [0.15, 0.2) is 54.9 Å². The molecule has 1 aromatic carbocycles. The number of nitrogens with two attached hydrogens (primary N) is 1. The van der Waals surface area contributed by atoms with Crippen LogP contribution in [0.3, 0.4) is 0 Å². The summed E-state index contributed by atoms with van der Waals surface area (Å²) in [5.74, 6) is 0.121. The van der Waals surface area contributed by atoms with E-state index in [0.717, 1.165) is 5.56 Å². The standard InChI is InChI=1S/C7H8N2.C4H5N/c8-7(9)6-4-2-1-3-5-6;1-2-4-5-3-1/h1-5H,(H3,8,9);1-5H. The Balaban J connectivity index is 0.000000165. The summed E-state index contributed by atoms with van der Waals surface area (Å²) in [4.78, 5) is 2.86. The monoisotopic (exact) mass is 187 g/mol. The molecule has 0 unspecified atom stereocenters. The molecule has 3 heteroatoms. The van der Waals surface area contributed by atoms with Gasteiger partial charge in [-0.1, -0.05) is 30.3 Å². The van der Waals surface area contributed by atoms with Crippen molar-refractivity contribution in [3.05, 3.63) is 60.4 Å². The van der Waals surface area contributed by atoms with Gasteiger partial charge in [0.1, 0.15) is 5.84 Å². The lowest BCUT2D eigenvalue weighted by atomic mass is 10.2. The topological polar surface area (TPSA) is 65.7 Å². The lowest BCUT2D eigenvalue weighted by Gasteiger charge is -1.93. The lowest BCUT2D eigenvalue weighted by molar-refractivity contribution is 1.42. The van der Waals surface area contributed by atoms with E-state index in [4.69, 9.17) is 11.1 Å². The van der Waals surface area contributed by atoms with Gasteiger partial charge < -0.3 is 10.7 Å². The molecule has 0 aliphatic carbocycles. The molecule has 72 valence electrons. The Morgan fingerprint density at radius 3 is 1.86 bits per heavy atom. The van der Waals surface area contributed by atoms with Crippen LogP contribution in [0.1, 0.15) is 5.56 Å². The molecule has 14 heavy (non-hydrogen) atoms. The van der Waals surface area contributed by atoms with Crippen molar-refractivity contribution in [1.29, 1.82) is 5.41 Å². The van der Waals surface area contributed by atoms with Crippen LogP contribution in [-0.4, -0.2) is 10.8 Å². The largest absolute Gasteiger partial charge is 0.384 e. The molecule has 1 heterocycles. The first-order valence-electron chi connectivity index (χ1n) is 4.28. The summed E-state index contributed by atoms with van der Waals surface area (Å²) in [6, 6.07) is 13.1. The zero-order valence-corrected chi connectivity index (χ0v) is 7.77. The third kappa shape index (κ3) is 3.58. The van der Waals surface area contributed by atoms with E-state index in [-0.39, 0.29) is 5.84 Å². The van der Waals surface area contributed by atoms with Gasteiger partial charge in [0.25, 0.3) is 0 Å². The van der Waals surface area contributed by atoms with Gasteiger partial charge in [-0.15, -0.1) is 0 Å². The number of hydrogen-bond donors (Lipinski definition) is 3. The van der Waals surface area contributed by atoms with E-state index < -0.39 is 0 Å². The molecule has 0 amide bonds. The quantitative estimate of drug-likeness (QED) is 0.464. The maximum absolute atomic E-state index is 7.01. The van der Waals surface area contributed by atoms with Crippen LogP contribution >= 0.6 is 0 Å². The van der Waals surface area contributed by atoms with Crippen LogP contribution in [-0.2, 0) is 0 Å². The van der Waals surface area contributed by atoms with Crippen LogP contribution in [0, 0.1) is 5.41 Å². The van der Waals surface area contributed by atoms with E-state index in [9.17, 15) is 0 Å². The van der Waals surface area contributed by atoms with Gasteiger partial charge in [0.2, 0.25) is 0 Å². The molecule has 0 saturated heterocycles. The average molecular weight is 187 g/mol. The van der Waals surface area contributed by atoms with E-state index in [2.05, 4.69) is 4.98 Å². The minimum Gasteiger partial charge on any atom is -0.384 e. The van der Waals surface area contributed by atoms with E-state index in [1.807, 2.05) is 54.9 Å². The predicted molar refractivity (Wildman–Crippen MR) is 58.3 cm³/mol. The highest BCUT2D eigenvalue weighted by Crippen LogP contribution is 1.94. The molecular weight excluding hydrogens is 174 g/mol. The number of aromatic nitrogens is 1. The van der Waals surface area contributed by atoms with Crippen molar-refractivity contribution < 1.29 is 0 Å². The highest BCUT2D eigenvalue weighted by Gasteiger charge is 1.89. The summed E-state index contributed by atoms with van der Waals surface area (Å²) in [5.41, 5.74) is 5.97. The third-order valence-electron chi connectivity index (χ3n) is 1.58. The highest BCUT2D eigenvalue weighted by molar-refractivity contribution is 5.94. The Hall–Kier alpha value is -2.03. The maximum atomic E-state index is 7.01. The molecular formula is C11H13N3. The van der Waals surface area contributed by atoms with Crippen LogP contribution in [0.5, 0.6) is 0 Å². The van der Waals surface area contributed by atoms with Crippen molar-refractivity contribution in [3.63, 3.8) is 0 Å². The number of nitrogen functional groups attached to an aromatic ring is 1. The normalized spacial score (nSPS) is 8.57. The second-order valence-electron chi connectivity index (χ2n) is 2.66. The molecule has 0 bridgehead atoms. The van der Waals surface area contributed by atoms with Gasteiger partial charge in [0.05, 0.1) is 0 Å². The van der Waals surface area contributed by atoms with Gasteiger partial charge in [-0.05, 0) is 12.1 Å². The molecule has 0 aliphatic heterocycles. The van der Waals surface area contributed by atoms with Crippen molar-refractivity contribution in [2.45, 2.75) is 0 Å². The molecule has 0 aliphatic rings. The van der Waals surface area contributed by atoms with Gasteiger partial charge >= 0.3 is 0 Å². The summed E-state index contributed by atoms with van der Waals surface area (Å²) in [6.07, 6.45) is 3.75. The predicted octanol–water partition coefficient (Wildman–Crippen LogP) is 1.99. The average Bonchev–Trinajstić information content (AvgIpc) is 2.77. The van der Waals surface area contributed by atoms with E-state index in [0.29, 0.717) is 0 Å². The first-order valence-corrected chi connectivity index (χ1v) is 4.28. The molecule has 0 saturated carbocycles. The molecule has 4 N–H and O–H groups in total. The second-order valence-corrected chi connectivity index (χ2v) is 2.66. The minimum absolute atomic E-state index is 0.121. The number of nitrogens with one attached hydrogen (secondary N) is 2. The summed E-state index contributed by atoms with van der Waals surface area (Å²) in [6.45, 7) is 0. The SMILES string of the molecule is N=C(N)c1ccccc1.c1cc[nH]c1. The minimum atomic E-state index is 0.121. The van der Waals surface area contributed by atoms with Crippen molar-refractivity contribution in [1.82, 2.24) is 4.98 Å². The number of hydrogen-bond acceptors (Lipinski definition) is 1. The van der Waals surface area contributed by atoms with E-state index >= 15 is 0 Å². The Morgan fingerprint density at radius 2 is 1.57 bits per heavy atom. The maximum Gasteiger partial charge on any atom is 0.122 e. The van der Waals surface area contributed by atoms with Crippen molar-refractivity contribution in [3.8, 4) is 0 Å². The van der Waals surface area contributed by atoms with Crippen molar-refractivity contribution in [2.75, 3.05) is 0 Å². The third-order valence-corrected chi connectivity index (χ3v) is 1.58. The van der Waals surface area contributed by atoms with Gasteiger partial charge in [-0.25, -0.2) is 0 Å². The van der Waals surface area contributed by atoms with Crippen LogP contribution in [0.25, 0.3) is 0 Å². The number of aromatic amines is 1. The zero-order chi connectivity index (χ0) is 10.2. The highest BCUT2D eigenvalue weighted by atomic mass is 14.7. The fraction of sp³-hybridized carbons (Fsp3) is 0.